The summed E-state index contributed by atoms with van der Waals surface area (Å²) in [5, 5.41) is 39.3. The Kier molecular flexibility index (Phi) is 12.8. The number of amides is 1. The lowest BCUT2D eigenvalue weighted by atomic mass is 9.45. The van der Waals surface area contributed by atoms with Crippen LogP contribution in [0.3, 0.4) is 0 Å². The Bertz CT molecular complexity index is 1810. The number of carbonyl (C=O) groups excluding carboxylic acids is 6. The van der Waals surface area contributed by atoms with Gasteiger partial charge >= 0.3 is 30.0 Å². The summed E-state index contributed by atoms with van der Waals surface area (Å²) in [4.78, 5) is 81.7. The molecule has 0 spiro atoms. The highest BCUT2D eigenvalue weighted by atomic mass is 16.6. The van der Waals surface area contributed by atoms with Crippen LogP contribution in [-0.4, -0.2) is 126 Å². The molecule has 1 aromatic carbocycles. The van der Waals surface area contributed by atoms with Crippen molar-refractivity contribution in [2.24, 2.45) is 28.6 Å². The molecule has 5 rings (SSSR count). The predicted molar refractivity (Wildman–Crippen MR) is 199 cm³/mol. The van der Waals surface area contributed by atoms with E-state index in [0.717, 1.165) is 13.8 Å². The van der Waals surface area contributed by atoms with E-state index in [-0.39, 0.29) is 37.4 Å². The summed E-state index contributed by atoms with van der Waals surface area (Å²) in [6, 6.07) is 6.60. The largest absolute Gasteiger partial charge is 0.460 e. The fourth-order valence-corrected chi connectivity index (χ4v) is 9.39. The molecule has 320 valence electrons. The number of esters is 4. The van der Waals surface area contributed by atoms with Gasteiger partial charge in [0.2, 0.25) is 5.78 Å². The van der Waals surface area contributed by atoms with Crippen molar-refractivity contribution in [2.45, 2.75) is 116 Å². The van der Waals surface area contributed by atoms with Gasteiger partial charge < -0.3 is 53.8 Å². The maximum absolute atomic E-state index is 15.3. The molecule has 2 saturated carbocycles. The number of methoxy groups -OCH3 is 1. The van der Waals surface area contributed by atoms with Crippen LogP contribution in [0.5, 0.6) is 0 Å². The smallest absolute Gasteiger partial charge is 0.407 e. The van der Waals surface area contributed by atoms with E-state index in [4.69, 9.17) is 33.2 Å². The van der Waals surface area contributed by atoms with Crippen molar-refractivity contribution in [3.05, 3.63) is 47.2 Å². The predicted octanol–water partition coefficient (Wildman–Crippen LogP) is 2.17. The number of nitrogens with one attached hydrogen (secondary N) is 1. The lowest BCUT2D eigenvalue weighted by Gasteiger charge is -2.67. The van der Waals surface area contributed by atoms with Crippen LogP contribution in [-0.2, 0) is 52.3 Å². The van der Waals surface area contributed by atoms with Crippen molar-refractivity contribution in [2.75, 3.05) is 26.9 Å². The van der Waals surface area contributed by atoms with Gasteiger partial charge in [0.1, 0.15) is 30.5 Å². The Hall–Kier alpha value is -4.42. The Morgan fingerprint density at radius 2 is 1.66 bits per heavy atom. The summed E-state index contributed by atoms with van der Waals surface area (Å²) in [6.07, 6.45) is -9.45. The number of benzene rings is 1. The molecule has 0 aromatic heterocycles. The summed E-state index contributed by atoms with van der Waals surface area (Å²) >= 11 is 0. The molecule has 9 unspecified atom stereocenters. The zero-order valence-corrected chi connectivity index (χ0v) is 34.3. The molecule has 4 aliphatic rings. The molecule has 11 atom stereocenters. The highest BCUT2D eigenvalue weighted by Crippen LogP contribution is 2.65. The van der Waals surface area contributed by atoms with Gasteiger partial charge in [0.05, 0.1) is 42.3 Å². The van der Waals surface area contributed by atoms with Crippen molar-refractivity contribution in [1.29, 1.82) is 0 Å². The Morgan fingerprint density at radius 1 is 1.00 bits per heavy atom. The Balaban J connectivity index is 1.71. The number of ketones is 1. The minimum atomic E-state index is -2.38. The number of fused-ring (bicyclic) bond motifs is 5. The first-order valence-electron chi connectivity index (χ1n) is 19.3. The number of hydrogen-bond donors (Lipinski definition) is 4. The number of ether oxygens (including phenoxy) is 7. The first-order chi connectivity index (χ1) is 27.1. The molecule has 1 aromatic rings. The van der Waals surface area contributed by atoms with E-state index in [1.54, 1.807) is 52.8 Å². The van der Waals surface area contributed by atoms with E-state index in [1.165, 1.54) is 26.2 Å². The molecule has 3 aliphatic carbocycles. The van der Waals surface area contributed by atoms with Crippen molar-refractivity contribution >= 4 is 35.8 Å². The Morgan fingerprint density at radius 3 is 2.21 bits per heavy atom. The third-order valence-corrected chi connectivity index (χ3v) is 12.5. The van der Waals surface area contributed by atoms with Gasteiger partial charge in [-0.2, -0.15) is 0 Å². The topological polar surface area (TPSA) is 240 Å². The van der Waals surface area contributed by atoms with Gasteiger partial charge in [-0.05, 0) is 30.5 Å². The molecule has 17 nitrogen and oxygen atoms in total. The van der Waals surface area contributed by atoms with Gasteiger partial charge in [0.15, 0.2) is 17.5 Å². The van der Waals surface area contributed by atoms with E-state index in [0.29, 0.717) is 0 Å². The average Bonchev–Trinajstić information content (AvgIpc) is 3.14. The lowest BCUT2D eigenvalue weighted by molar-refractivity contribution is -0.345. The number of rotatable bonds is 12. The first kappa shape index (κ1) is 44.7. The second-order valence-corrected chi connectivity index (χ2v) is 16.7. The van der Waals surface area contributed by atoms with Crippen LogP contribution in [0.15, 0.2) is 41.7 Å². The van der Waals surface area contributed by atoms with Crippen LogP contribution in [0.25, 0.3) is 0 Å². The molecule has 1 amide bonds. The number of alkyl carbamates (subject to hydrolysis) is 1. The van der Waals surface area contributed by atoms with E-state index >= 15 is 4.79 Å². The zero-order chi connectivity index (χ0) is 43.1. The van der Waals surface area contributed by atoms with Crippen molar-refractivity contribution < 1.29 is 77.2 Å². The van der Waals surface area contributed by atoms with Crippen LogP contribution in [0.4, 0.5) is 4.79 Å². The van der Waals surface area contributed by atoms with E-state index in [2.05, 4.69) is 5.32 Å². The minimum absolute atomic E-state index is 0.00449. The number of allylic oxidation sites excluding steroid dienone is 1. The molecule has 2 bridgehead atoms. The van der Waals surface area contributed by atoms with Gasteiger partial charge in [0, 0.05) is 45.1 Å². The van der Waals surface area contributed by atoms with Gasteiger partial charge in [0.25, 0.3) is 0 Å². The summed E-state index contributed by atoms with van der Waals surface area (Å²) in [5.74, 6) is -8.43. The molecule has 4 N–H and O–H groups in total. The quantitative estimate of drug-likeness (QED) is 0.134. The molecule has 0 radical (unpaired) electrons. The zero-order valence-electron chi connectivity index (χ0n) is 34.3. The second-order valence-electron chi connectivity index (χ2n) is 16.7. The number of hydrogen-bond acceptors (Lipinski definition) is 16. The van der Waals surface area contributed by atoms with Crippen molar-refractivity contribution in [1.82, 2.24) is 5.32 Å². The van der Waals surface area contributed by atoms with E-state index in [1.807, 2.05) is 0 Å². The van der Waals surface area contributed by atoms with Crippen LogP contribution < -0.4 is 5.32 Å². The van der Waals surface area contributed by atoms with E-state index < -0.39 is 124 Å². The fourth-order valence-electron chi connectivity index (χ4n) is 9.39. The molecule has 17 heteroatoms. The minimum Gasteiger partial charge on any atom is -0.460 e. The number of carbonyl (C=O) groups is 6. The summed E-state index contributed by atoms with van der Waals surface area (Å²) in [6.45, 7) is 11.2. The van der Waals surface area contributed by atoms with Crippen molar-refractivity contribution in [3.8, 4) is 0 Å². The van der Waals surface area contributed by atoms with Gasteiger partial charge in [-0.15, -0.1) is 0 Å². The van der Waals surface area contributed by atoms with Crippen LogP contribution in [0.2, 0.25) is 0 Å². The van der Waals surface area contributed by atoms with Gasteiger partial charge in [-0.1, -0.05) is 52.8 Å². The standard InChI is InChI=1S/C41H55NO16/c1-20(2)29(42-37(50)53-16-15-52-9)30(46)36(49)56-25-18-41(51)34(57-35(48)24-13-11-10-12-14-24)32-39(8,26(45)17-27-40(32,19-54-27)58-23(5)44)33(47)31(55-22(4)43)28(21(25)3)38(41,6)7/h10-14,20-21,25-27,29-30,32,34,45-46,51H,15-19H2,1-9H3,(H,42,50)/t21?,25?,26?,27?,29?,30?,32?,34?,39-,40+,41?/m1/s1. The normalized spacial score (nSPS) is 33.4. The molecule has 1 saturated heterocycles. The molecular weight excluding hydrogens is 762 g/mol. The van der Waals surface area contributed by atoms with Gasteiger partial charge in [-0.25, -0.2) is 14.4 Å². The maximum Gasteiger partial charge on any atom is 0.407 e. The third-order valence-electron chi connectivity index (χ3n) is 12.5. The molecule has 3 fully saturated rings. The maximum atomic E-state index is 15.3. The van der Waals surface area contributed by atoms with Crippen LogP contribution in [0, 0.1) is 28.6 Å². The van der Waals surface area contributed by atoms with Crippen molar-refractivity contribution in [3.63, 3.8) is 0 Å². The monoisotopic (exact) mass is 817 g/mol. The second kappa shape index (κ2) is 16.7. The number of aliphatic hydroxyl groups is 3. The highest BCUT2D eigenvalue weighted by Gasteiger charge is 2.78. The third kappa shape index (κ3) is 7.62. The van der Waals surface area contributed by atoms with Crippen LogP contribution >= 0.6 is 0 Å². The molecule has 1 aliphatic heterocycles. The van der Waals surface area contributed by atoms with Gasteiger partial charge in [-0.3, -0.25) is 14.4 Å². The average molecular weight is 818 g/mol. The Labute approximate surface area is 336 Å². The van der Waals surface area contributed by atoms with E-state index in [9.17, 15) is 39.3 Å². The summed E-state index contributed by atoms with van der Waals surface area (Å²) in [5.41, 5.74) is -7.80. The fraction of sp³-hybridized carbons (Fsp3) is 0.659. The first-order valence-corrected chi connectivity index (χ1v) is 19.3. The number of aliphatic hydroxyl groups excluding tert-OH is 2. The SMILES string of the molecule is COCCOC(=O)NC(C(C)C)C(O)C(=O)OC1CC2(O)C(OC(=O)c3ccccc3)C3[C@]4(OC(C)=O)COC4CC(O)[C@@]3(C)C(=O)C(OC(C)=O)=C(C1C)C2(C)C. The molecular formula is C41H55NO16. The highest BCUT2D eigenvalue weighted by molar-refractivity contribution is 6.02. The lowest BCUT2D eigenvalue weighted by Crippen LogP contribution is -2.81. The number of Topliss-reactive ketones (excluding diaryl/α,β-unsaturated/α-hetero) is 1. The molecule has 1 heterocycles. The van der Waals surface area contributed by atoms with Crippen LogP contribution in [0.1, 0.15) is 78.6 Å². The molecule has 58 heavy (non-hydrogen) atoms. The summed E-state index contributed by atoms with van der Waals surface area (Å²) < 4.78 is 39.9. The summed E-state index contributed by atoms with van der Waals surface area (Å²) in [7, 11) is 1.42.